The molecule has 2 aromatic rings. The van der Waals surface area contributed by atoms with E-state index >= 15 is 0 Å². The maximum atomic E-state index is 12.4. The molecule has 0 saturated carbocycles. The highest BCUT2D eigenvalue weighted by Gasteiger charge is 2.39. The summed E-state index contributed by atoms with van der Waals surface area (Å²) in [6, 6.07) is 10.4. The van der Waals surface area contributed by atoms with Crippen LogP contribution in [0.5, 0.6) is 0 Å². The Morgan fingerprint density at radius 3 is 2.67 bits per heavy atom. The van der Waals surface area contributed by atoms with Gasteiger partial charge in [-0.25, -0.2) is 4.90 Å². The molecule has 6 heteroatoms. The molecule has 1 aromatic carbocycles. The van der Waals surface area contributed by atoms with E-state index in [1.54, 1.807) is 24.5 Å². The minimum Gasteiger partial charge on any atom is -0.468 e. The number of nitrogens with zero attached hydrogens (tertiary/aromatic N) is 1. The molecule has 0 radical (unpaired) electrons. The first-order valence-electron chi connectivity index (χ1n) is 6.53. The second-order valence-corrected chi connectivity index (χ2v) is 6.01. The summed E-state index contributed by atoms with van der Waals surface area (Å²) in [6.45, 7) is 0.428. The van der Waals surface area contributed by atoms with Crippen LogP contribution in [0.3, 0.4) is 0 Å². The highest BCUT2D eigenvalue weighted by atomic mass is 127. The molecule has 2 amide bonds. The van der Waals surface area contributed by atoms with Gasteiger partial charge in [-0.05, 0) is 59.0 Å². The lowest BCUT2D eigenvalue weighted by Crippen LogP contribution is -2.38. The number of imide groups is 1. The van der Waals surface area contributed by atoms with Crippen LogP contribution in [0.25, 0.3) is 0 Å². The number of carbonyl (C=O) groups excluding carboxylic acids is 2. The van der Waals surface area contributed by atoms with Crippen LogP contribution in [0.15, 0.2) is 47.1 Å². The van der Waals surface area contributed by atoms with E-state index < -0.39 is 6.04 Å². The predicted octanol–water partition coefficient (Wildman–Crippen LogP) is 2.31. The van der Waals surface area contributed by atoms with Crippen molar-refractivity contribution in [3.63, 3.8) is 0 Å². The summed E-state index contributed by atoms with van der Waals surface area (Å²) >= 11 is 2.18. The molecular formula is C15H13IN2O3. The van der Waals surface area contributed by atoms with Gasteiger partial charge in [-0.3, -0.25) is 14.9 Å². The molecule has 1 aliphatic heterocycles. The van der Waals surface area contributed by atoms with Gasteiger partial charge in [0.25, 0.3) is 5.91 Å². The Kier molecular flexibility index (Phi) is 4.07. The van der Waals surface area contributed by atoms with Gasteiger partial charge in [0.15, 0.2) is 0 Å². The monoisotopic (exact) mass is 396 g/mol. The van der Waals surface area contributed by atoms with Crippen LogP contribution < -0.4 is 10.2 Å². The third-order valence-corrected chi connectivity index (χ3v) is 4.05. The van der Waals surface area contributed by atoms with Crippen molar-refractivity contribution in [3.8, 4) is 0 Å². The molecule has 1 aliphatic rings. The number of nitrogens with one attached hydrogen (secondary N) is 1. The number of hydrogen-bond donors (Lipinski definition) is 1. The first-order chi connectivity index (χ1) is 10.1. The Balaban J connectivity index is 1.71. The van der Waals surface area contributed by atoms with Crippen LogP contribution in [0.1, 0.15) is 12.2 Å². The standard InChI is InChI=1S/C15H13IN2O3/c16-10-3-5-11(6-4-10)18-14(19)8-13(15(18)20)17-9-12-2-1-7-21-12/h1-7,13,17H,8-9H2. The SMILES string of the molecule is O=C1CC(NCc2ccco2)C(=O)N1c1ccc(I)cc1. The first kappa shape index (κ1) is 14.3. The van der Waals surface area contributed by atoms with E-state index in [1.165, 1.54) is 4.90 Å². The van der Waals surface area contributed by atoms with Gasteiger partial charge in [0.2, 0.25) is 5.91 Å². The number of anilines is 1. The minimum absolute atomic E-state index is 0.172. The number of furan rings is 1. The second kappa shape index (κ2) is 5.98. The zero-order valence-corrected chi connectivity index (χ0v) is 13.2. The zero-order valence-electron chi connectivity index (χ0n) is 11.1. The van der Waals surface area contributed by atoms with Crippen LogP contribution in [-0.4, -0.2) is 17.9 Å². The van der Waals surface area contributed by atoms with Crippen molar-refractivity contribution in [2.45, 2.75) is 19.0 Å². The number of halogens is 1. The van der Waals surface area contributed by atoms with E-state index in [0.717, 1.165) is 9.33 Å². The molecule has 5 nitrogen and oxygen atoms in total. The fourth-order valence-electron chi connectivity index (χ4n) is 2.29. The first-order valence-corrected chi connectivity index (χ1v) is 7.61. The minimum atomic E-state index is -0.498. The van der Waals surface area contributed by atoms with Crippen LogP contribution in [0.4, 0.5) is 5.69 Å². The molecule has 1 saturated heterocycles. The molecule has 0 bridgehead atoms. The molecule has 1 aromatic heterocycles. The molecule has 21 heavy (non-hydrogen) atoms. The summed E-state index contributed by atoms with van der Waals surface area (Å²) < 4.78 is 6.27. The van der Waals surface area contributed by atoms with E-state index in [-0.39, 0.29) is 18.2 Å². The fraction of sp³-hybridized carbons (Fsp3) is 0.200. The average molecular weight is 396 g/mol. The van der Waals surface area contributed by atoms with Crippen molar-refractivity contribution in [2.24, 2.45) is 0 Å². The number of carbonyl (C=O) groups is 2. The summed E-state index contributed by atoms with van der Waals surface area (Å²) in [7, 11) is 0. The molecule has 0 aliphatic carbocycles. The topological polar surface area (TPSA) is 62.6 Å². The molecule has 1 fully saturated rings. The summed E-state index contributed by atoms with van der Waals surface area (Å²) in [5.74, 6) is 0.342. The van der Waals surface area contributed by atoms with Gasteiger partial charge in [0.1, 0.15) is 5.76 Å². The van der Waals surface area contributed by atoms with E-state index in [4.69, 9.17) is 4.42 Å². The van der Waals surface area contributed by atoms with Crippen molar-refractivity contribution in [3.05, 3.63) is 52.0 Å². The van der Waals surface area contributed by atoms with Gasteiger partial charge in [0.05, 0.1) is 31.0 Å². The van der Waals surface area contributed by atoms with Crippen molar-refractivity contribution >= 4 is 40.1 Å². The Bertz CT molecular complexity index is 652. The van der Waals surface area contributed by atoms with Gasteiger partial charge in [-0.2, -0.15) is 0 Å². The lowest BCUT2D eigenvalue weighted by atomic mass is 10.2. The predicted molar refractivity (Wildman–Crippen MR) is 85.6 cm³/mol. The number of rotatable bonds is 4. The fourth-order valence-corrected chi connectivity index (χ4v) is 2.65. The number of amides is 2. The molecule has 2 heterocycles. The smallest absolute Gasteiger partial charge is 0.251 e. The molecule has 0 spiro atoms. The number of benzene rings is 1. The van der Waals surface area contributed by atoms with Crippen molar-refractivity contribution in [1.82, 2.24) is 5.32 Å². The van der Waals surface area contributed by atoms with E-state index in [2.05, 4.69) is 27.9 Å². The quantitative estimate of drug-likeness (QED) is 0.637. The van der Waals surface area contributed by atoms with Crippen LogP contribution >= 0.6 is 22.6 Å². The average Bonchev–Trinajstić information content (AvgIpc) is 3.07. The Morgan fingerprint density at radius 2 is 2.00 bits per heavy atom. The lowest BCUT2D eigenvalue weighted by Gasteiger charge is -2.15. The summed E-state index contributed by atoms with van der Waals surface area (Å²) in [6.07, 6.45) is 1.75. The summed E-state index contributed by atoms with van der Waals surface area (Å²) in [5.41, 5.74) is 0.618. The Hall–Kier alpha value is -1.67. The van der Waals surface area contributed by atoms with Gasteiger partial charge < -0.3 is 4.42 Å². The highest BCUT2D eigenvalue weighted by molar-refractivity contribution is 14.1. The van der Waals surface area contributed by atoms with Gasteiger partial charge in [-0.1, -0.05) is 0 Å². The van der Waals surface area contributed by atoms with Crippen LogP contribution in [0, 0.1) is 3.57 Å². The summed E-state index contributed by atoms with van der Waals surface area (Å²) in [5, 5.41) is 3.07. The molecule has 1 N–H and O–H groups in total. The summed E-state index contributed by atoms with van der Waals surface area (Å²) in [4.78, 5) is 25.7. The van der Waals surface area contributed by atoms with Crippen LogP contribution in [0.2, 0.25) is 0 Å². The number of hydrogen-bond acceptors (Lipinski definition) is 4. The van der Waals surface area contributed by atoms with Crippen LogP contribution in [-0.2, 0) is 16.1 Å². The second-order valence-electron chi connectivity index (χ2n) is 4.76. The maximum absolute atomic E-state index is 12.4. The third kappa shape index (κ3) is 3.01. The molecular weight excluding hydrogens is 383 g/mol. The van der Waals surface area contributed by atoms with E-state index in [0.29, 0.717) is 12.2 Å². The molecule has 1 unspecified atom stereocenters. The van der Waals surface area contributed by atoms with Crippen molar-refractivity contribution in [2.75, 3.05) is 4.90 Å². The largest absolute Gasteiger partial charge is 0.468 e. The molecule has 1 atom stereocenters. The van der Waals surface area contributed by atoms with Gasteiger partial charge in [0, 0.05) is 3.57 Å². The third-order valence-electron chi connectivity index (χ3n) is 3.33. The molecule has 108 valence electrons. The Morgan fingerprint density at radius 1 is 1.24 bits per heavy atom. The zero-order chi connectivity index (χ0) is 14.8. The molecule has 3 rings (SSSR count). The lowest BCUT2D eigenvalue weighted by molar-refractivity contribution is -0.121. The Labute approximate surface area is 135 Å². The van der Waals surface area contributed by atoms with Crippen molar-refractivity contribution < 1.29 is 14.0 Å². The maximum Gasteiger partial charge on any atom is 0.251 e. The normalized spacial score (nSPS) is 18.5. The van der Waals surface area contributed by atoms with Gasteiger partial charge in [-0.15, -0.1) is 0 Å². The van der Waals surface area contributed by atoms with E-state index in [9.17, 15) is 9.59 Å². The van der Waals surface area contributed by atoms with Crippen molar-refractivity contribution in [1.29, 1.82) is 0 Å². The van der Waals surface area contributed by atoms with Gasteiger partial charge >= 0.3 is 0 Å². The highest BCUT2D eigenvalue weighted by Crippen LogP contribution is 2.23. The van der Waals surface area contributed by atoms with E-state index in [1.807, 2.05) is 18.2 Å².